The van der Waals surface area contributed by atoms with E-state index in [2.05, 4.69) is 18.2 Å². The molecular formula is C36H29ClN2O4S. The van der Waals surface area contributed by atoms with Crippen LogP contribution in [0, 0.1) is 0 Å². The molecule has 0 unspecified atom stereocenters. The lowest BCUT2D eigenvalue weighted by Gasteiger charge is -2.16. The van der Waals surface area contributed by atoms with Gasteiger partial charge in [-0.25, -0.2) is 4.99 Å². The largest absolute Gasteiger partial charge is 0.497 e. The standard InChI is InChI=1S/C36H29ClN2O4S/c1-41-29-17-15-24(16-18-29)22-39-35(40)33(44-36(39)38-28-12-4-3-5-13-28)21-25-19-31(37)34(32(20-25)42-2)43-23-27-11-8-10-26-9-6-7-14-30(26)27/h3-21H,22-23H2,1-2H3/b33-21-,38-36?. The Balaban J connectivity index is 1.28. The number of ether oxygens (including phenoxy) is 3. The van der Waals surface area contributed by atoms with Crippen molar-refractivity contribution < 1.29 is 19.0 Å². The zero-order chi connectivity index (χ0) is 30.5. The Labute approximate surface area is 265 Å². The van der Waals surface area contributed by atoms with Crippen LogP contribution in [0.3, 0.4) is 0 Å². The van der Waals surface area contributed by atoms with E-state index in [9.17, 15) is 4.79 Å². The van der Waals surface area contributed by atoms with Crippen molar-refractivity contribution in [2.24, 2.45) is 4.99 Å². The smallest absolute Gasteiger partial charge is 0.267 e. The van der Waals surface area contributed by atoms with Gasteiger partial charge in [-0.15, -0.1) is 0 Å². The summed E-state index contributed by atoms with van der Waals surface area (Å²) in [4.78, 5) is 20.8. The van der Waals surface area contributed by atoms with Crippen molar-refractivity contribution in [2.75, 3.05) is 14.2 Å². The maximum Gasteiger partial charge on any atom is 0.267 e. The topological polar surface area (TPSA) is 60.4 Å². The van der Waals surface area contributed by atoms with E-state index in [1.807, 2.05) is 91.0 Å². The second-order valence-corrected chi connectivity index (χ2v) is 11.5. The SMILES string of the molecule is COc1ccc(CN2C(=O)/C(=C/c3cc(Cl)c(OCc4cccc5ccccc45)c(OC)c3)SC2=Nc2ccccc2)cc1. The van der Waals surface area contributed by atoms with Crippen LogP contribution < -0.4 is 14.2 Å². The lowest BCUT2D eigenvalue weighted by atomic mass is 10.1. The molecular weight excluding hydrogens is 592 g/mol. The summed E-state index contributed by atoms with van der Waals surface area (Å²) in [5.74, 6) is 1.53. The van der Waals surface area contributed by atoms with Crippen LogP contribution >= 0.6 is 23.4 Å². The van der Waals surface area contributed by atoms with Crippen molar-refractivity contribution in [1.29, 1.82) is 0 Å². The molecule has 0 spiro atoms. The van der Waals surface area contributed by atoms with Crippen molar-refractivity contribution in [2.45, 2.75) is 13.2 Å². The van der Waals surface area contributed by atoms with Crippen LogP contribution in [0.1, 0.15) is 16.7 Å². The average molecular weight is 621 g/mol. The maximum absolute atomic E-state index is 13.8. The lowest BCUT2D eigenvalue weighted by Crippen LogP contribution is -2.28. The summed E-state index contributed by atoms with van der Waals surface area (Å²) < 4.78 is 17.2. The first kappa shape index (κ1) is 29.4. The minimum Gasteiger partial charge on any atom is -0.497 e. The fourth-order valence-corrected chi connectivity index (χ4v) is 6.21. The number of benzene rings is 5. The number of para-hydroxylation sites is 1. The third-order valence-electron chi connectivity index (χ3n) is 7.17. The summed E-state index contributed by atoms with van der Waals surface area (Å²) in [7, 11) is 3.20. The van der Waals surface area contributed by atoms with Crippen molar-refractivity contribution in [3.63, 3.8) is 0 Å². The second-order valence-electron chi connectivity index (χ2n) is 10.0. The molecule has 5 aromatic rings. The van der Waals surface area contributed by atoms with Crippen LogP contribution in [0.4, 0.5) is 5.69 Å². The Kier molecular flexibility index (Phi) is 8.86. The fourth-order valence-electron chi connectivity index (χ4n) is 4.94. The van der Waals surface area contributed by atoms with E-state index in [-0.39, 0.29) is 5.91 Å². The normalized spacial score (nSPS) is 14.9. The van der Waals surface area contributed by atoms with Crippen LogP contribution in [0.5, 0.6) is 17.2 Å². The number of aliphatic imine (C=N–C) groups is 1. The van der Waals surface area contributed by atoms with Crippen LogP contribution in [0.25, 0.3) is 16.8 Å². The number of halogens is 1. The van der Waals surface area contributed by atoms with E-state index in [0.717, 1.165) is 33.3 Å². The third-order valence-corrected chi connectivity index (χ3v) is 8.46. The van der Waals surface area contributed by atoms with E-state index < -0.39 is 0 Å². The zero-order valence-electron chi connectivity index (χ0n) is 24.2. The highest BCUT2D eigenvalue weighted by molar-refractivity contribution is 8.18. The number of methoxy groups -OCH3 is 2. The molecule has 6 nitrogen and oxygen atoms in total. The predicted octanol–water partition coefficient (Wildman–Crippen LogP) is 8.89. The lowest BCUT2D eigenvalue weighted by molar-refractivity contribution is -0.122. The quantitative estimate of drug-likeness (QED) is 0.154. The minimum atomic E-state index is -0.146. The number of rotatable bonds is 9. The number of carbonyl (C=O) groups excluding carboxylic acids is 1. The summed E-state index contributed by atoms with van der Waals surface area (Å²) >= 11 is 8.07. The molecule has 1 amide bonds. The van der Waals surface area contributed by atoms with E-state index >= 15 is 0 Å². The van der Waals surface area contributed by atoms with Crippen molar-refractivity contribution >= 4 is 57.0 Å². The first-order valence-electron chi connectivity index (χ1n) is 14.0. The number of amidine groups is 1. The van der Waals surface area contributed by atoms with Crippen LogP contribution in [0.15, 0.2) is 119 Å². The molecule has 44 heavy (non-hydrogen) atoms. The Hall–Kier alpha value is -4.72. The summed E-state index contributed by atoms with van der Waals surface area (Å²) in [6, 6.07) is 35.2. The van der Waals surface area contributed by atoms with Gasteiger partial charge < -0.3 is 14.2 Å². The van der Waals surface area contributed by atoms with Gasteiger partial charge in [0, 0.05) is 0 Å². The molecule has 0 aliphatic carbocycles. The van der Waals surface area contributed by atoms with Gasteiger partial charge in [-0.3, -0.25) is 9.69 Å². The third kappa shape index (κ3) is 6.44. The van der Waals surface area contributed by atoms with Gasteiger partial charge in [0.1, 0.15) is 12.4 Å². The number of thioether (sulfide) groups is 1. The van der Waals surface area contributed by atoms with Crippen LogP contribution in [-0.4, -0.2) is 30.2 Å². The van der Waals surface area contributed by atoms with Gasteiger partial charge in [0.25, 0.3) is 5.91 Å². The molecule has 1 fully saturated rings. The number of hydrogen-bond donors (Lipinski definition) is 0. The molecule has 1 aliphatic heterocycles. The van der Waals surface area contributed by atoms with Crippen molar-refractivity contribution in [3.8, 4) is 17.2 Å². The monoisotopic (exact) mass is 620 g/mol. The number of amides is 1. The van der Waals surface area contributed by atoms with Crippen molar-refractivity contribution in [3.05, 3.63) is 136 Å². The van der Waals surface area contributed by atoms with Gasteiger partial charge in [0.05, 0.1) is 36.4 Å². The molecule has 0 atom stereocenters. The van der Waals surface area contributed by atoms with E-state index in [1.165, 1.54) is 11.8 Å². The van der Waals surface area contributed by atoms with Crippen LogP contribution in [-0.2, 0) is 17.9 Å². The summed E-state index contributed by atoms with van der Waals surface area (Å²) in [6.07, 6.45) is 1.81. The highest BCUT2D eigenvalue weighted by Crippen LogP contribution is 2.40. The number of carbonyl (C=O) groups is 1. The molecule has 1 saturated heterocycles. The second kappa shape index (κ2) is 13.3. The first-order valence-corrected chi connectivity index (χ1v) is 15.2. The highest BCUT2D eigenvalue weighted by Gasteiger charge is 2.33. The predicted molar refractivity (Wildman–Crippen MR) is 179 cm³/mol. The molecule has 1 heterocycles. The molecule has 0 bridgehead atoms. The minimum absolute atomic E-state index is 0.146. The fraction of sp³-hybridized carbons (Fsp3) is 0.111. The highest BCUT2D eigenvalue weighted by atomic mass is 35.5. The van der Waals surface area contributed by atoms with Crippen LogP contribution in [0.2, 0.25) is 5.02 Å². The van der Waals surface area contributed by atoms with Gasteiger partial charge in [0.2, 0.25) is 0 Å². The van der Waals surface area contributed by atoms with E-state index in [0.29, 0.717) is 45.3 Å². The Bertz CT molecular complexity index is 1870. The molecule has 220 valence electrons. The average Bonchev–Trinajstić information content (AvgIpc) is 3.33. The first-order chi connectivity index (χ1) is 21.5. The number of hydrogen-bond acceptors (Lipinski definition) is 6. The van der Waals surface area contributed by atoms with Crippen molar-refractivity contribution in [1.82, 2.24) is 4.90 Å². The molecule has 5 aromatic carbocycles. The van der Waals surface area contributed by atoms with Gasteiger partial charge in [-0.2, -0.15) is 0 Å². The van der Waals surface area contributed by atoms with Gasteiger partial charge in [0.15, 0.2) is 16.7 Å². The number of nitrogens with zero attached hydrogens (tertiary/aromatic N) is 2. The summed E-state index contributed by atoms with van der Waals surface area (Å²) in [5, 5.41) is 3.25. The Morgan fingerprint density at radius 3 is 2.39 bits per heavy atom. The van der Waals surface area contributed by atoms with Gasteiger partial charge in [-0.1, -0.05) is 84.4 Å². The van der Waals surface area contributed by atoms with Gasteiger partial charge >= 0.3 is 0 Å². The Morgan fingerprint density at radius 2 is 1.61 bits per heavy atom. The van der Waals surface area contributed by atoms with E-state index in [4.69, 9.17) is 30.8 Å². The molecule has 8 heteroatoms. The molecule has 0 N–H and O–H groups in total. The Morgan fingerprint density at radius 1 is 0.864 bits per heavy atom. The molecule has 0 aromatic heterocycles. The zero-order valence-corrected chi connectivity index (χ0v) is 25.8. The number of fused-ring (bicyclic) bond motifs is 1. The molecule has 0 radical (unpaired) electrons. The van der Waals surface area contributed by atoms with Gasteiger partial charge in [-0.05, 0) is 81.7 Å². The molecule has 6 rings (SSSR count). The summed E-state index contributed by atoms with van der Waals surface area (Å²) in [6.45, 7) is 0.690. The molecule has 1 aliphatic rings. The maximum atomic E-state index is 13.8. The van der Waals surface area contributed by atoms with E-state index in [1.54, 1.807) is 25.2 Å². The molecule has 0 saturated carbocycles. The summed E-state index contributed by atoms with van der Waals surface area (Å²) in [5.41, 5.74) is 3.48.